The quantitative estimate of drug-likeness (QED) is 0.326. The Labute approximate surface area is 218 Å². The average Bonchev–Trinajstić information content (AvgIpc) is 2.94. The fraction of sp³-hybridized carbons (Fsp3) is 0.172. The van der Waals surface area contributed by atoms with Gasteiger partial charge in [0.1, 0.15) is 12.4 Å². The molecule has 0 atom stereocenters. The molecule has 3 aromatic carbocycles. The molecule has 0 saturated carbocycles. The summed E-state index contributed by atoms with van der Waals surface area (Å²) in [5, 5.41) is 8.98. The van der Waals surface area contributed by atoms with Crippen LogP contribution in [0.5, 0.6) is 5.75 Å². The van der Waals surface area contributed by atoms with Crippen LogP contribution in [0.1, 0.15) is 34.5 Å². The van der Waals surface area contributed by atoms with Crippen molar-refractivity contribution in [2.75, 3.05) is 6.61 Å². The minimum atomic E-state index is -1.03. The van der Waals surface area contributed by atoms with Crippen LogP contribution in [0, 0.1) is 0 Å². The Morgan fingerprint density at radius 1 is 0.789 bits per heavy atom. The Balaban J connectivity index is 1.67. The van der Waals surface area contributed by atoms with E-state index in [0.717, 1.165) is 24.8 Å². The van der Waals surface area contributed by atoms with Gasteiger partial charge >= 0.3 is 23.0 Å². The van der Waals surface area contributed by atoms with E-state index in [1.165, 1.54) is 12.1 Å². The van der Waals surface area contributed by atoms with E-state index in [1.807, 2.05) is 60.7 Å². The largest absolute Gasteiger partial charge is 0.490 e. The number of aromatic carboxylic acids is 1. The average molecular weight is 514 g/mol. The van der Waals surface area contributed by atoms with Gasteiger partial charge in [-0.1, -0.05) is 66.7 Å². The highest BCUT2D eigenvalue weighted by molar-refractivity contribution is 5.87. The summed E-state index contributed by atoms with van der Waals surface area (Å²) in [6.07, 6.45) is 3.26. The molecule has 0 aliphatic carbocycles. The molecular formula is C29H27N3O6. The van der Waals surface area contributed by atoms with Gasteiger partial charge in [0.2, 0.25) is 0 Å². The van der Waals surface area contributed by atoms with Crippen LogP contribution in [-0.2, 0) is 13.1 Å². The number of allylic oxidation sites excluding steroid dienone is 1. The molecule has 0 amide bonds. The number of hydrogen-bond acceptors (Lipinski definition) is 5. The van der Waals surface area contributed by atoms with Gasteiger partial charge in [0.05, 0.1) is 18.2 Å². The van der Waals surface area contributed by atoms with Crippen LogP contribution >= 0.6 is 0 Å². The van der Waals surface area contributed by atoms with Gasteiger partial charge in [-0.2, -0.15) is 0 Å². The molecule has 0 bridgehead atoms. The van der Waals surface area contributed by atoms with Crippen LogP contribution in [0.2, 0.25) is 0 Å². The fourth-order valence-electron chi connectivity index (χ4n) is 4.15. The lowest BCUT2D eigenvalue weighted by Gasteiger charge is -2.22. The van der Waals surface area contributed by atoms with Crippen molar-refractivity contribution in [3.63, 3.8) is 0 Å². The normalized spacial score (nSPS) is 11.2. The van der Waals surface area contributed by atoms with E-state index in [0.29, 0.717) is 5.75 Å². The molecule has 0 radical (unpaired) electrons. The van der Waals surface area contributed by atoms with Gasteiger partial charge in [0.25, 0.3) is 0 Å². The Morgan fingerprint density at radius 3 is 1.87 bits per heavy atom. The maximum atomic E-state index is 13.6. The molecule has 4 rings (SSSR count). The molecule has 0 fully saturated rings. The lowest BCUT2D eigenvalue weighted by molar-refractivity contribution is 0.0697. The number of ether oxygens (including phenoxy) is 1. The van der Waals surface area contributed by atoms with Gasteiger partial charge < -0.3 is 9.84 Å². The van der Waals surface area contributed by atoms with Gasteiger partial charge in [0.15, 0.2) is 0 Å². The summed E-state index contributed by atoms with van der Waals surface area (Å²) in [5.74, 6) is -0.546. The van der Waals surface area contributed by atoms with Crippen molar-refractivity contribution >= 4 is 5.97 Å². The van der Waals surface area contributed by atoms with Crippen molar-refractivity contribution in [2.45, 2.75) is 26.1 Å². The lowest BCUT2D eigenvalue weighted by atomic mass is 9.98. The first-order chi connectivity index (χ1) is 18.4. The van der Waals surface area contributed by atoms with Gasteiger partial charge in [-0.05, 0) is 48.4 Å². The summed E-state index contributed by atoms with van der Waals surface area (Å²) in [4.78, 5) is 51.1. The fourth-order valence-corrected chi connectivity index (χ4v) is 4.15. The number of aromatic nitrogens is 3. The smallest absolute Gasteiger partial charge is 0.337 e. The zero-order valence-corrected chi connectivity index (χ0v) is 20.8. The minimum Gasteiger partial charge on any atom is -0.490 e. The van der Waals surface area contributed by atoms with Crippen molar-refractivity contribution in [1.82, 2.24) is 13.7 Å². The second-order valence-corrected chi connectivity index (χ2v) is 8.41. The van der Waals surface area contributed by atoms with Gasteiger partial charge in [0, 0.05) is 6.54 Å². The van der Waals surface area contributed by atoms with E-state index in [-0.39, 0.29) is 25.3 Å². The van der Waals surface area contributed by atoms with E-state index < -0.39 is 29.1 Å². The molecule has 1 aromatic heterocycles. The minimum absolute atomic E-state index is 0.0600. The van der Waals surface area contributed by atoms with Gasteiger partial charge in [-0.15, -0.1) is 0 Å². The summed E-state index contributed by atoms with van der Waals surface area (Å²) in [6, 6.07) is 23.7. The zero-order valence-electron chi connectivity index (χ0n) is 20.8. The number of benzene rings is 3. The van der Waals surface area contributed by atoms with E-state index in [9.17, 15) is 19.2 Å². The van der Waals surface area contributed by atoms with Crippen LogP contribution < -0.4 is 21.8 Å². The molecule has 1 heterocycles. The summed E-state index contributed by atoms with van der Waals surface area (Å²) >= 11 is 0. The van der Waals surface area contributed by atoms with Crippen molar-refractivity contribution in [3.05, 3.63) is 145 Å². The van der Waals surface area contributed by atoms with Crippen molar-refractivity contribution in [2.24, 2.45) is 0 Å². The highest BCUT2D eigenvalue weighted by Crippen LogP contribution is 2.23. The van der Waals surface area contributed by atoms with E-state index in [4.69, 9.17) is 9.84 Å². The highest BCUT2D eigenvalue weighted by atomic mass is 16.5. The third-order valence-corrected chi connectivity index (χ3v) is 6.04. The zero-order chi connectivity index (χ0) is 27.1. The van der Waals surface area contributed by atoms with Crippen LogP contribution in [0.25, 0.3) is 0 Å². The second-order valence-electron chi connectivity index (χ2n) is 8.41. The summed E-state index contributed by atoms with van der Waals surface area (Å²) in [6.45, 7) is 1.86. The lowest BCUT2D eigenvalue weighted by Crippen LogP contribution is -2.55. The Hall–Kier alpha value is -4.92. The van der Waals surface area contributed by atoms with Crippen molar-refractivity contribution in [3.8, 4) is 5.75 Å². The first kappa shape index (κ1) is 26.2. The molecule has 0 saturated heterocycles. The molecule has 0 unspecified atom stereocenters. The molecule has 1 N–H and O–H groups in total. The highest BCUT2D eigenvalue weighted by Gasteiger charge is 2.24. The topological polar surface area (TPSA) is 113 Å². The Bertz CT molecular complexity index is 1560. The molecule has 9 heteroatoms. The van der Waals surface area contributed by atoms with E-state index >= 15 is 0 Å². The maximum Gasteiger partial charge on any atom is 0.337 e. The predicted molar refractivity (Wildman–Crippen MR) is 143 cm³/mol. The number of hydrogen-bond donors (Lipinski definition) is 1. The number of rotatable bonds is 10. The van der Waals surface area contributed by atoms with Gasteiger partial charge in [-0.25, -0.2) is 32.9 Å². The summed E-state index contributed by atoms with van der Waals surface area (Å²) in [7, 11) is 0. The maximum absolute atomic E-state index is 13.6. The molecular weight excluding hydrogens is 486 g/mol. The second kappa shape index (κ2) is 11.9. The van der Waals surface area contributed by atoms with Crippen LogP contribution in [0.4, 0.5) is 0 Å². The number of nitrogens with zero attached hydrogens (tertiary/aromatic N) is 3. The standard InChI is InChI=1S/C29H27N3O6/c1-2-30-27(35)31(19-9-10-20-38-24-17-15-23(16-18-24)26(33)34)29(37)32(28(30)36)25(21-11-5-3-6-12-21)22-13-7-4-8-14-22/h3-18,25H,2,19-20H2,1H3,(H,33,34)/b10-9+. The Kier molecular flexibility index (Phi) is 8.17. The summed E-state index contributed by atoms with van der Waals surface area (Å²) in [5.41, 5.74) is -0.439. The Morgan fingerprint density at radius 2 is 1.34 bits per heavy atom. The van der Waals surface area contributed by atoms with Crippen molar-refractivity contribution in [1.29, 1.82) is 0 Å². The number of carboxylic acids is 1. The number of carbonyl (C=O) groups is 1. The third-order valence-electron chi connectivity index (χ3n) is 6.04. The summed E-state index contributed by atoms with van der Waals surface area (Å²) < 4.78 is 8.78. The molecule has 4 aromatic rings. The van der Waals surface area contributed by atoms with Crippen LogP contribution in [0.3, 0.4) is 0 Å². The monoisotopic (exact) mass is 513 g/mol. The SMILES string of the molecule is CCn1c(=O)n(C/C=C/COc2ccc(C(=O)O)cc2)c(=O)n(C(c2ccccc2)c2ccccc2)c1=O. The molecule has 0 aliphatic rings. The van der Waals surface area contributed by atoms with Crippen LogP contribution in [-0.4, -0.2) is 31.4 Å². The molecule has 9 nitrogen and oxygen atoms in total. The van der Waals surface area contributed by atoms with Crippen LogP contribution in [0.15, 0.2) is 111 Å². The first-order valence-electron chi connectivity index (χ1n) is 12.1. The molecule has 38 heavy (non-hydrogen) atoms. The van der Waals surface area contributed by atoms with Gasteiger partial charge in [-0.3, -0.25) is 0 Å². The van der Waals surface area contributed by atoms with Crippen molar-refractivity contribution < 1.29 is 14.6 Å². The molecule has 194 valence electrons. The third kappa shape index (κ3) is 5.57. The predicted octanol–water partition coefficient (Wildman–Crippen LogP) is 3.16. The molecule has 0 spiro atoms. The van der Waals surface area contributed by atoms with E-state index in [2.05, 4.69) is 0 Å². The molecule has 0 aliphatic heterocycles. The van der Waals surface area contributed by atoms with E-state index in [1.54, 1.807) is 31.2 Å². The number of carboxylic acid groups (broad SMARTS) is 1. The first-order valence-corrected chi connectivity index (χ1v) is 12.1.